The Balaban J connectivity index is 1.75. The molecule has 1 aromatic carbocycles. The molecule has 1 aliphatic carbocycles. The summed E-state index contributed by atoms with van der Waals surface area (Å²) in [6, 6.07) is 6.73. The van der Waals surface area contributed by atoms with E-state index in [0.717, 1.165) is 12.8 Å². The Morgan fingerprint density at radius 3 is 2.65 bits per heavy atom. The quantitative estimate of drug-likeness (QED) is 0.685. The molecule has 0 radical (unpaired) electrons. The highest BCUT2D eigenvalue weighted by Gasteiger charge is 2.20. The maximum atomic E-state index is 11.7. The molecule has 0 fully saturated rings. The van der Waals surface area contributed by atoms with Crippen LogP contribution in [-0.4, -0.2) is 18.5 Å². The molecule has 0 spiro atoms. The molecule has 0 aromatic heterocycles. The molecule has 1 aromatic rings. The number of hydrogen-bond donors (Lipinski definition) is 1. The fourth-order valence-electron chi connectivity index (χ4n) is 1.99. The van der Waals surface area contributed by atoms with Crippen LogP contribution in [0.1, 0.15) is 19.3 Å². The number of anilines is 1. The first-order chi connectivity index (χ1) is 9.65. The molecule has 0 saturated carbocycles. The molecular formula is C15H16ClNO3. The van der Waals surface area contributed by atoms with Gasteiger partial charge < -0.3 is 10.1 Å². The number of halogens is 1. The van der Waals surface area contributed by atoms with Gasteiger partial charge in [0.25, 0.3) is 5.91 Å². The average Bonchev–Trinajstić information content (AvgIpc) is 2.48. The van der Waals surface area contributed by atoms with Gasteiger partial charge in [0.1, 0.15) is 0 Å². The molecule has 0 unspecified atom stereocenters. The summed E-state index contributed by atoms with van der Waals surface area (Å²) in [5.41, 5.74) is 0.621. The number of carbonyl (C=O) groups is 2. The third-order valence-corrected chi connectivity index (χ3v) is 3.33. The van der Waals surface area contributed by atoms with Crippen molar-refractivity contribution in [1.29, 1.82) is 0 Å². The lowest BCUT2D eigenvalue weighted by Crippen LogP contribution is -2.25. The monoisotopic (exact) mass is 293 g/mol. The predicted octanol–water partition coefficient (Wildman–Crippen LogP) is 3.18. The molecule has 4 nitrogen and oxygen atoms in total. The summed E-state index contributed by atoms with van der Waals surface area (Å²) in [6.07, 6.45) is 6.39. The van der Waals surface area contributed by atoms with Crippen LogP contribution < -0.4 is 5.32 Å². The molecule has 0 saturated heterocycles. The average molecular weight is 294 g/mol. The molecule has 1 atom stereocenters. The zero-order valence-corrected chi connectivity index (χ0v) is 11.7. The SMILES string of the molecule is O=C(COC(=O)[C@@H]1CC=CCC1)Nc1ccc(Cl)cc1. The molecule has 0 heterocycles. The van der Waals surface area contributed by atoms with E-state index in [9.17, 15) is 9.59 Å². The fourth-order valence-corrected chi connectivity index (χ4v) is 2.12. The molecule has 0 bridgehead atoms. The zero-order valence-electron chi connectivity index (χ0n) is 11.0. The Morgan fingerprint density at radius 1 is 1.25 bits per heavy atom. The van der Waals surface area contributed by atoms with Crippen molar-refractivity contribution in [2.45, 2.75) is 19.3 Å². The molecular weight excluding hydrogens is 278 g/mol. The van der Waals surface area contributed by atoms with E-state index in [4.69, 9.17) is 16.3 Å². The minimum absolute atomic E-state index is 0.122. The third-order valence-electron chi connectivity index (χ3n) is 3.08. The number of nitrogens with one attached hydrogen (secondary N) is 1. The Kier molecular flexibility index (Phi) is 5.18. The normalized spacial score (nSPS) is 17.6. The molecule has 5 heteroatoms. The maximum absolute atomic E-state index is 11.7. The summed E-state index contributed by atoms with van der Waals surface area (Å²) in [7, 11) is 0. The Bertz CT molecular complexity index is 510. The zero-order chi connectivity index (χ0) is 14.4. The van der Waals surface area contributed by atoms with Gasteiger partial charge >= 0.3 is 5.97 Å². The number of rotatable bonds is 4. The number of carbonyl (C=O) groups excluding carboxylic acids is 2. The third kappa shape index (κ3) is 4.38. The Hall–Kier alpha value is -1.81. The van der Waals surface area contributed by atoms with Crippen LogP contribution >= 0.6 is 11.6 Å². The van der Waals surface area contributed by atoms with Crippen molar-refractivity contribution in [2.24, 2.45) is 5.92 Å². The van der Waals surface area contributed by atoms with E-state index >= 15 is 0 Å². The number of benzene rings is 1. The summed E-state index contributed by atoms with van der Waals surface area (Å²) in [5, 5.41) is 3.24. The molecule has 1 aliphatic rings. The van der Waals surface area contributed by atoms with Crippen molar-refractivity contribution < 1.29 is 14.3 Å². The molecule has 2 rings (SSSR count). The highest BCUT2D eigenvalue weighted by atomic mass is 35.5. The first-order valence-electron chi connectivity index (χ1n) is 6.52. The lowest BCUT2D eigenvalue weighted by atomic mass is 9.95. The van der Waals surface area contributed by atoms with Gasteiger partial charge in [-0.3, -0.25) is 9.59 Å². The van der Waals surface area contributed by atoms with Gasteiger partial charge in [0.2, 0.25) is 0 Å². The summed E-state index contributed by atoms with van der Waals surface area (Å²) < 4.78 is 5.03. The second kappa shape index (κ2) is 7.10. The van der Waals surface area contributed by atoms with Crippen molar-refractivity contribution in [3.63, 3.8) is 0 Å². The van der Waals surface area contributed by atoms with Gasteiger partial charge in [0, 0.05) is 10.7 Å². The second-order valence-electron chi connectivity index (χ2n) is 4.64. The van der Waals surface area contributed by atoms with Gasteiger partial charge in [-0.1, -0.05) is 23.8 Å². The van der Waals surface area contributed by atoms with E-state index < -0.39 is 0 Å². The van der Waals surface area contributed by atoms with Crippen molar-refractivity contribution in [3.05, 3.63) is 41.4 Å². The lowest BCUT2D eigenvalue weighted by Gasteiger charge is -2.16. The Morgan fingerprint density at radius 2 is 2.00 bits per heavy atom. The maximum Gasteiger partial charge on any atom is 0.309 e. The predicted molar refractivity (Wildman–Crippen MR) is 77.5 cm³/mol. The number of hydrogen-bond acceptors (Lipinski definition) is 3. The van der Waals surface area contributed by atoms with E-state index in [-0.39, 0.29) is 24.4 Å². The van der Waals surface area contributed by atoms with Crippen LogP contribution in [0.25, 0.3) is 0 Å². The van der Waals surface area contributed by atoms with Crippen LogP contribution in [0.4, 0.5) is 5.69 Å². The summed E-state index contributed by atoms with van der Waals surface area (Å²) >= 11 is 5.75. The standard InChI is InChI=1S/C15H16ClNO3/c16-12-6-8-13(9-7-12)17-14(18)10-20-15(19)11-4-2-1-3-5-11/h1-2,6-9,11H,3-5,10H2,(H,17,18)/t11-/m1/s1. The van der Waals surface area contributed by atoms with Crippen LogP contribution in [0.2, 0.25) is 5.02 Å². The van der Waals surface area contributed by atoms with Gasteiger partial charge in [0.05, 0.1) is 5.92 Å². The fraction of sp³-hybridized carbons (Fsp3) is 0.333. The van der Waals surface area contributed by atoms with Crippen molar-refractivity contribution in [3.8, 4) is 0 Å². The summed E-state index contributed by atoms with van der Waals surface area (Å²) in [5.74, 6) is -0.782. The largest absolute Gasteiger partial charge is 0.455 e. The van der Waals surface area contributed by atoms with E-state index in [1.54, 1.807) is 24.3 Å². The van der Waals surface area contributed by atoms with E-state index in [1.165, 1.54) is 0 Å². The van der Waals surface area contributed by atoms with Crippen LogP contribution in [0, 0.1) is 5.92 Å². The number of esters is 1. The summed E-state index contributed by atoms with van der Waals surface area (Å²) in [6.45, 7) is -0.262. The molecule has 0 aliphatic heterocycles. The van der Waals surface area contributed by atoms with Gasteiger partial charge in [-0.15, -0.1) is 0 Å². The van der Waals surface area contributed by atoms with Crippen LogP contribution in [0.5, 0.6) is 0 Å². The number of allylic oxidation sites excluding steroid dienone is 2. The first kappa shape index (κ1) is 14.6. The van der Waals surface area contributed by atoms with Crippen LogP contribution in [-0.2, 0) is 14.3 Å². The van der Waals surface area contributed by atoms with Crippen molar-refractivity contribution in [2.75, 3.05) is 11.9 Å². The Labute approximate surface area is 122 Å². The van der Waals surface area contributed by atoms with Crippen LogP contribution in [0.15, 0.2) is 36.4 Å². The minimum atomic E-state index is -0.355. The molecule has 20 heavy (non-hydrogen) atoms. The first-order valence-corrected chi connectivity index (χ1v) is 6.90. The second-order valence-corrected chi connectivity index (χ2v) is 5.08. The highest BCUT2D eigenvalue weighted by Crippen LogP contribution is 2.19. The van der Waals surface area contributed by atoms with E-state index in [1.807, 2.05) is 6.08 Å². The molecule has 1 N–H and O–H groups in total. The van der Waals surface area contributed by atoms with Crippen molar-refractivity contribution in [1.82, 2.24) is 0 Å². The topological polar surface area (TPSA) is 55.4 Å². The van der Waals surface area contributed by atoms with Gasteiger partial charge in [-0.05, 0) is 43.5 Å². The number of amides is 1. The molecule has 1 amide bonds. The van der Waals surface area contributed by atoms with Crippen molar-refractivity contribution >= 4 is 29.2 Å². The van der Waals surface area contributed by atoms with E-state index in [0.29, 0.717) is 17.1 Å². The van der Waals surface area contributed by atoms with Crippen LogP contribution in [0.3, 0.4) is 0 Å². The molecule has 106 valence electrons. The lowest BCUT2D eigenvalue weighted by molar-refractivity contribution is -0.151. The van der Waals surface area contributed by atoms with Gasteiger partial charge in [-0.2, -0.15) is 0 Å². The number of ether oxygens (including phenoxy) is 1. The highest BCUT2D eigenvalue weighted by molar-refractivity contribution is 6.30. The minimum Gasteiger partial charge on any atom is -0.455 e. The van der Waals surface area contributed by atoms with Gasteiger partial charge in [0.15, 0.2) is 6.61 Å². The summed E-state index contributed by atoms with van der Waals surface area (Å²) in [4.78, 5) is 23.4. The van der Waals surface area contributed by atoms with Gasteiger partial charge in [-0.25, -0.2) is 0 Å². The van der Waals surface area contributed by atoms with E-state index in [2.05, 4.69) is 11.4 Å². The smallest absolute Gasteiger partial charge is 0.309 e.